The summed E-state index contributed by atoms with van der Waals surface area (Å²) in [7, 11) is 0. The van der Waals surface area contributed by atoms with Gasteiger partial charge in [0.15, 0.2) is 0 Å². The molecule has 0 bridgehead atoms. The summed E-state index contributed by atoms with van der Waals surface area (Å²) >= 11 is 1.34. The first-order valence-corrected chi connectivity index (χ1v) is 9.61. The van der Waals surface area contributed by atoms with Crippen LogP contribution in [-0.4, -0.2) is 48.4 Å². The van der Waals surface area contributed by atoms with Gasteiger partial charge >= 0.3 is 5.97 Å². The first-order chi connectivity index (χ1) is 11.9. The van der Waals surface area contributed by atoms with Gasteiger partial charge in [0.2, 0.25) is 5.91 Å². The van der Waals surface area contributed by atoms with Crippen molar-refractivity contribution in [1.29, 1.82) is 0 Å². The third-order valence-corrected chi connectivity index (χ3v) is 5.19. The van der Waals surface area contributed by atoms with Crippen molar-refractivity contribution in [2.75, 3.05) is 19.7 Å². The van der Waals surface area contributed by atoms with Gasteiger partial charge in [-0.1, -0.05) is 19.9 Å². The maximum absolute atomic E-state index is 12.9. The van der Waals surface area contributed by atoms with Crippen molar-refractivity contribution < 1.29 is 19.1 Å². The molecule has 138 valence electrons. The van der Waals surface area contributed by atoms with E-state index in [-0.39, 0.29) is 29.6 Å². The summed E-state index contributed by atoms with van der Waals surface area (Å²) in [6.45, 7) is 6.89. The Morgan fingerprint density at radius 2 is 2.16 bits per heavy atom. The Kier molecular flexibility index (Phi) is 6.99. The number of nitrogens with one attached hydrogen (secondary N) is 1. The van der Waals surface area contributed by atoms with Gasteiger partial charge in [0, 0.05) is 13.1 Å². The molecule has 1 N–H and O–H groups in total. The number of carbonyl (C=O) groups excluding carboxylic acids is 3. The third-order valence-electron chi connectivity index (χ3n) is 4.32. The second-order valence-electron chi connectivity index (χ2n) is 6.55. The van der Waals surface area contributed by atoms with E-state index < -0.39 is 6.04 Å². The van der Waals surface area contributed by atoms with Gasteiger partial charge in [-0.05, 0) is 37.1 Å². The van der Waals surface area contributed by atoms with Crippen molar-refractivity contribution in [2.24, 2.45) is 11.8 Å². The van der Waals surface area contributed by atoms with Crippen LogP contribution in [0.25, 0.3) is 0 Å². The second kappa shape index (κ2) is 8.99. The van der Waals surface area contributed by atoms with Gasteiger partial charge in [-0.25, -0.2) is 0 Å². The third kappa shape index (κ3) is 5.04. The molecule has 1 aliphatic rings. The normalized spacial score (nSPS) is 18.7. The minimum Gasteiger partial charge on any atom is -0.466 e. The van der Waals surface area contributed by atoms with E-state index in [0.29, 0.717) is 24.6 Å². The standard InChI is InChI=1S/C18H26N2O4S/c1-4-24-18(23)13-7-5-9-20(11-13)17(22)15(12(2)3)19-16(21)14-8-6-10-25-14/h6,8,10,12-13,15H,4-5,7,9,11H2,1-3H3,(H,19,21)/t13-,15-/m0/s1. The van der Waals surface area contributed by atoms with Crippen LogP contribution in [-0.2, 0) is 14.3 Å². The lowest BCUT2D eigenvalue weighted by Gasteiger charge is -2.35. The molecule has 2 amide bonds. The molecular weight excluding hydrogens is 340 g/mol. The lowest BCUT2D eigenvalue weighted by Crippen LogP contribution is -2.54. The van der Waals surface area contributed by atoms with Gasteiger partial charge in [0.1, 0.15) is 6.04 Å². The van der Waals surface area contributed by atoms with Gasteiger partial charge in [-0.15, -0.1) is 11.3 Å². The largest absolute Gasteiger partial charge is 0.466 e. The van der Waals surface area contributed by atoms with E-state index in [4.69, 9.17) is 4.74 Å². The molecule has 1 fully saturated rings. The van der Waals surface area contributed by atoms with E-state index >= 15 is 0 Å². The molecule has 1 aromatic rings. The minimum absolute atomic E-state index is 0.0422. The maximum atomic E-state index is 12.9. The highest BCUT2D eigenvalue weighted by molar-refractivity contribution is 7.12. The van der Waals surface area contributed by atoms with Crippen LogP contribution in [0.2, 0.25) is 0 Å². The topological polar surface area (TPSA) is 75.7 Å². The SMILES string of the molecule is CCOC(=O)[C@H]1CCCN(C(=O)[C@@H](NC(=O)c2cccs2)C(C)C)C1. The Bertz CT molecular complexity index is 600. The van der Waals surface area contributed by atoms with Gasteiger partial charge in [0.25, 0.3) is 5.91 Å². The number of nitrogens with zero attached hydrogens (tertiary/aromatic N) is 1. The number of rotatable bonds is 6. The lowest BCUT2D eigenvalue weighted by atomic mass is 9.95. The summed E-state index contributed by atoms with van der Waals surface area (Å²) in [6.07, 6.45) is 1.50. The van der Waals surface area contributed by atoms with E-state index in [1.165, 1.54) is 11.3 Å². The second-order valence-corrected chi connectivity index (χ2v) is 7.50. The highest BCUT2D eigenvalue weighted by atomic mass is 32.1. The maximum Gasteiger partial charge on any atom is 0.310 e. The van der Waals surface area contributed by atoms with E-state index in [1.54, 1.807) is 24.0 Å². The monoisotopic (exact) mass is 366 g/mol. The van der Waals surface area contributed by atoms with Crippen molar-refractivity contribution >= 4 is 29.1 Å². The zero-order valence-electron chi connectivity index (χ0n) is 15.0. The van der Waals surface area contributed by atoms with Gasteiger partial charge in [-0.3, -0.25) is 14.4 Å². The molecule has 6 nitrogen and oxygen atoms in total. The lowest BCUT2D eigenvalue weighted by molar-refractivity contribution is -0.151. The minimum atomic E-state index is -0.601. The Morgan fingerprint density at radius 1 is 1.40 bits per heavy atom. The summed E-state index contributed by atoms with van der Waals surface area (Å²) in [5.41, 5.74) is 0. The summed E-state index contributed by atoms with van der Waals surface area (Å²) < 4.78 is 5.09. The molecule has 1 aliphatic heterocycles. The van der Waals surface area contributed by atoms with Crippen molar-refractivity contribution in [3.63, 3.8) is 0 Å². The first kappa shape index (κ1) is 19.4. The van der Waals surface area contributed by atoms with Crippen LogP contribution in [0, 0.1) is 11.8 Å². The summed E-state index contributed by atoms with van der Waals surface area (Å²) in [5, 5.41) is 4.68. The quantitative estimate of drug-likeness (QED) is 0.784. The molecule has 0 unspecified atom stereocenters. The average Bonchev–Trinajstić information content (AvgIpc) is 3.13. The molecule has 25 heavy (non-hydrogen) atoms. The molecule has 2 rings (SSSR count). The van der Waals surface area contributed by atoms with E-state index in [0.717, 1.165) is 12.8 Å². The molecule has 0 saturated carbocycles. The fraction of sp³-hybridized carbons (Fsp3) is 0.611. The van der Waals surface area contributed by atoms with Crippen LogP contribution in [0.5, 0.6) is 0 Å². The van der Waals surface area contributed by atoms with E-state index in [9.17, 15) is 14.4 Å². The number of hydrogen-bond donors (Lipinski definition) is 1. The molecule has 7 heteroatoms. The van der Waals surface area contributed by atoms with Crippen molar-refractivity contribution in [3.05, 3.63) is 22.4 Å². The predicted octanol–water partition coefficient (Wildman–Crippen LogP) is 2.30. The summed E-state index contributed by atoms with van der Waals surface area (Å²) in [4.78, 5) is 39.5. The van der Waals surface area contributed by atoms with Crippen LogP contribution in [0.15, 0.2) is 17.5 Å². The number of piperidine rings is 1. The number of thiophene rings is 1. The number of likely N-dealkylation sites (tertiary alicyclic amines) is 1. The summed E-state index contributed by atoms with van der Waals surface area (Å²) in [6, 6.07) is 2.94. The number of esters is 1. The smallest absolute Gasteiger partial charge is 0.310 e. The fourth-order valence-corrected chi connectivity index (χ4v) is 3.59. The number of carbonyl (C=O) groups is 3. The zero-order valence-corrected chi connectivity index (χ0v) is 15.8. The number of hydrogen-bond acceptors (Lipinski definition) is 5. The van der Waals surface area contributed by atoms with Crippen LogP contribution in [0.4, 0.5) is 0 Å². The highest BCUT2D eigenvalue weighted by Crippen LogP contribution is 2.20. The number of amides is 2. The van der Waals surface area contributed by atoms with Crippen LogP contribution in [0.1, 0.15) is 43.3 Å². The van der Waals surface area contributed by atoms with Crippen molar-refractivity contribution in [3.8, 4) is 0 Å². The Labute approximate surface area is 152 Å². The average molecular weight is 366 g/mol. The molecule has 1 aromatic heterocycles. The Hall–Kier alpha value is -1.89. The van der Waals surface area contributed by atoms with Crippen LogP contribution in [0.3, 0.4) is 0 Å². The molecule has 0 aliphatic carbocycles. The fourth-order valence-electron chi connectivity index (χ4n) is 2.96. The molecule has 1 saturated heterocycles. The first-order valence-electron chi connectivity index (χ1n) is 8.73. The van der Waals surface area contributed by atoms with Crippen molar-refractivity contribution in [2.45, 2.75) is 39.7 Å². The Balaban J connectivity index is 2.03. The highest BCUT2D eigenvalue weighted by Gasteiger charge is 2.34. The van der Waals surface area contributed by atoms with Gasteiger partial charge < -0.3 is 15.0 Å². The van der Waals surface area contributed by atoms with Crippen molar-refractivity contribution in [1.82, 2.24) is 10.2 Å². The molecular formula is C18H26N2O4S. The zero-order chi connectivity index (χ0) is 18.4. The van der Waals surface area contributed by atoms with Crippen LogP contribution >= 0.6 is 11.3 Å². The molecule has 0 radical (unpaired) electrons. The molecule has 0 aromatic carbocycles. The van der Waals surface area contributed by atoms with Crippen LogP contribution < -0.4 is 5.32 Å². The predicted molar refractivity (Wildman–Crippen MR) is 96.3 cm³/mol. The molecule has 0 spiro atoms. The Morgan fingerprint density at radius 3 is 2.76 bits per heavy atom. The van der Waals surface area contributed by atoms with E-state index in [2.05, 4.69) is 5.32 Å². The van der Waals surface area contributed by atoms with E-state index in [1.807, 2.05) is 19.2 Å². The van der Waals surface area contributed by atoms with Gasteiger partial charge in [-0.2, -0.15) is 0 Å². The molecule has 2 heterocycles. The summed E-state index contributed by atoms with van der Waals surface area (Å²) in [5.74, 6) is -0.934. The molecule has 2 atom stereocenters. The number of ether oxygens (including phenoxy) is 1. The van der Waals surface area contributed by atoms with Gasteiger partial charge in [0.05, 0.1) is 17.4 Å².